The SMILES string of the molecule is CC1(C)O[C@H]2[C@H](n3cnc4c(Cl)nc(Cl)nc43)[C@H]3CC3(CO)[C@H]2O1. The fraction of sp³-hybridized carbons (Fsp3) is 0.667. The summed E-state index contributed by atoms with van der Waals surface area (Å²) in [5.41, 5.74) is 0.843. The lowest BCUT2D eigenvalue weighted by Gasteiger charge is -2.24. The summed E-state index contributed by atoms with van der Waals surface area (Å²) in [4.78, 5) is 12.6. The third-order valence-electron chi connectivity index (χ3n) is 5.59. The van der Waals surface area contributed by atoms with Crippen molar-refractivity contribution in [2.24, 2.45) is 11.3 Å². The Balaban J connectivity index is 1.65. The van der Waals surface area contributed by atoms with Crippen LogP contribution in [-0.2, 0) is 9.47 Å². The van der Waals surface area contributed by atoms with Gasteiger partial charge in [0.1, 0.15) is 11.6 Å². The summed E-state index contributed by atoms with van der Waals surface area (Å²) in [5.74, 6) is -0.428. The lowest BCUT2D eigenvalue weighted by molar-refractivity contribution is -0.163. The van der Waals surface area contributed by atoms with E-state index in [2.05, 4.69) is 15.0 Å². The van der Waals surface area contributed by atoms with E-state index < -0.39 is 5.79 Å². The van der Waals surface area contributed by atoms with Gasteiger partial charge >= 0.3 is 0 Å². The summed E-state index contributed by atoms with van der Waals surface area (Å²) in [6.45, 7) is 3.87. The molecule has 3 aliphatic rings. The number of nitrogens with zero attached hydrogens (tertiary/aromatic N) is 4. The van der Waals surface area contributed by atoms with Gasteiger partial charge in [0.25, 0.3) is 0 Å². The molecule has 2 aromatic rings. The van der Waals surface area contributed by atoms with Crippen molar-refractivity contribution in [1.29, 1.82) is 0 Å². The lowest BCUT2D eigenvalue weighted by Crippen LogP contribution is -2.33. The van der Waals surface area contributed by atoms with E-state index >= 15 is 0 Å². The molecule has 3 heterocycles. The van der Waals surface area contributed by atoms with E-state index in [0.29, 0.717) is 11.2 Å². The van der Waals surface area contributed by atoms with Gasteiger partial charge in [-0.1, -0.05) is 11.6 Å². The Morgan fingerprint density at radius 1 is 1.33 bits per heavy atom. The van der Waals surface area contributed by atoms with Crippen LogP contribution in [0.5, 0.6) is 0 Å². The molecule has 0 aromatic carbocycles. The fourth-order valence-electron chi connectivity index (χ4n) is 4.55. The highest BCUT2D eigenvalue weighted by Crippen LogP contribution is 2.71. The number of halogens is 2. The Bertz CT molecular complexity index is 857. The first-order valence-electron chi connectivity index (χ1n) is 7.88. The monoisotopic (exact) mass is 370 g/mol. The Morgan fingerprint density at radius 2 is 2.12 bits per heavy atom. The minimum atomic E-state index is -0.677. The number of hydrogen-bond acceptors (Lipinski definition) is 6. The number of hydrogen-bond donors (Lipinski definition) is 1. The van der Waals surface area contributed by atoms with Crippen LogP contribution >= 0.6 is 23.2 Å². The second kappa shape index (κ2) is 4.59. The first kappa shape index (κ1) is 15.3. The maximum Gasteiger partial charge on any atom is 0.225 e. The van der Waals surface area contributed by atoms with Gasteiger partial charge in [0.05, 0.1) is 25.1 Å². The highest BCUT2D eigenvalue weighted by atomic mass is 35.5. The van der Waals surface area contributed by atoms with E-state index in [-0.39, 0.29) is 46.6 Å². The number of aromatic nitrogens is 4. The van der Waals surface area contributed by atoms with E-state index in [1.54, 1.807) is 6.33 Å². The maximum absolute atomic E-state index is 9.97. The number of imidazole rings is 1. The molecular formula is C15H16Cl2N4O3. The second-order valence-corrected chi connectivity index (χ2v) is 8.02. The molecule has 5 atom stereocenters. The molecule has 0 radical (unpaired) electrons. The van der Waals surface area contributed by atoms with Crippen molar-refractivity contribution in [3.63, 3.8) is 0 Å². The van der Waals surface area contributed by atoms with Gasteiger partial charge in [0.2, 0.25) is 5.28 Å². The van der Waals surface area contributed by atoms with Crippen LogP contribution in [0, 0.1) is 11.3 Å². The minimum Gasteiger partial charge on any atom is -0.396 e. The van der Waals surface area contributed by atoms with Crippen molar-refractivity contribution >= 4 is 34.4 Å². The highest BCUT2D eigenvalue weighted by Gasteiger charge is 2.75. The van der Waals surface area contributed by atoms with Crippen molar-refractivity contribution in [1.82, 2.24) is 19.5 Å². The quantitative estimate of drug-likeness (QED) is 0.644. The molecule has 2 saturated carbocycles. The van der Waals surface area contributed by atoms with Crippen molar-refractivity contribution in [3.8, 4) is 0 Å². The Labute approximate surface area is 147 Å². The predicted molar refractivity (Wildman–Crippen MR) is 85.8 cm³/mol. The van der Waals surface area contributed by atoms with Crippen LogP contribution in [0.1, 0.15) is 26.3 Å². The summed E-state index contributed by atoms with van der Waals surface area (Å²) in [5, 5.41) is 10.3. The van der Waals surface area contributed by atoms with E-state index in [1.165, 1.54) is 0 Å². The van der Waals surface area contributed by atoms with Crippen LogP contribution < -0.4 is 0 Å². The van der Waals surface area contributed by atoms with E-state index in [9.17, 15) is 5.11 Å². The highest BCUT2D eigenvalue weighted by molar-refractivity contribution is 6.35. The van der Waals surface area contributed by atoms with Gasteiger partial charge in [-0.05, 0) is 37.8 Å². The standard InChI is InChI=1S/C15H16Cl2N4O3/c1-14(2)23-9-8(6-3-15(6,4-22)10(9)24-14)21-5-18-7-11(16)19-13(17)20-12(7)21/h5-6,8-10,22H,3-4H2,1-2H3/t6-,8-,9+,10+,15?/m1/s1. The first-order chi connectivity index (χ1) is 11.4. The summed E-state index contributed by atoms with van der Waals surface area (Å²) >= 11 is 12.1. The number of fused-ring (bicyclic) bond motifs is 4. The van der Waals surface area contributed by atoms with Gasteiger partial charge in [0.15, 0.2) is 16.6 Å². The molecule has 1 N–H and O–H groups in total. The number of rotatable bonds is 2. The molecule has 1 aliphatic heterocycles. The molecule has 128 valence electrons. The molecule has 9 heteroatoms. The first-order valence-corrected chi connectivity index (χ1v) is 8.64. The van der Waals surface area contributed by atoms with Crippen LogP contribution in [0.3, 0.4) is 0 Å². The van der Waals surface area contributed by atoms with Gasteiger partial charge in [-0.3, -0.25) is 0 Å². The summed E-state index contributed by atoms with van der Waals surface area (Å²) in [7, 11) is 0. The van der Waals surface area contributed by atoms with E-state index in [4.69, 9.17) is 32.7 Å². The zero-order valence-electron chi connectivity index (χ0n) is 13.1. The molecule has 24 heavy (non-hydrogen) atoms. The Morgan fingerprint density at radius 3 is 2.88 bits per heavy atom. The molecular weight excluding hydrogens is 355 g/mol. The zero-order valence-corrected chi connectivity index (χ0v) is 14.6. The molecule has 2 aromatic heterocycles. The molecule has 5 rings (SSSR count). The molecule has 2 aliphatic carbocycles. The van der Waals surface area contributed by atoms with Crippen molar-refractivity contribution in [3.05, 3.63) is 16.8 Å². The average molecular weight is 371 g/mol. The van der Waals surface area contributed by atoms with Crippen LogP contribution in [0.15, 0.2) is 6.33 Å². The molecule has 3 fully saturated rings. The molecule has 1 unspecified atom stereocenters. The molecule has 0 bridgehead atoms. The van der Waals surface area contributed by atoms with Gasteiger partial charge in [-0.2, -0.15) is 4.98 Å². The van der Waals surface area contributed by atoms with E-state index in [1.807, 2.05) is 18.4 Å². The van der Waals surface area contributed by atoms with Gasteiger partial charge in [-0.15, -0.1) is 0 Å². The van der Waals surface area contributed by atoms with Crippen LogP contribution in [0.4, 0.5) is 0 Å². The molecule has 1 saturated heterocycles. The molecule has 0 spiro atoms. The Kier molecular flexibility index (Phi) is 2.92. The lowest BCUT2D eigenvalue weighted by atomic mass is 10.0. The summed E-state index contributed by atoms with van der Waals surface area (Å²) in [6, 6.07) is -0.0315. The number of aliphatic hydroxyl groups excluding tert-OH is 1. The number of aliphatic hydroxyl groups is 1. The van der Waals surface area contributed by atoms with Gasteiger partial charge < -0.3 is 19.1 Å². The van der Waals surface area contributed by atoms with Crippen LogP contribution in [0.2, 0.25) is 10.4 Å². The molecule has 0 amide bonds. The average Bonchev–Trinajstić information content (AvgIpc) is 2.78. The van der Waals surface area contributed by atoms with Crippen molar-refractivity contribution < 1.29 is 14.6 Å². The largest absolute Gasteiger partial charge is 0.396 e. The fourth-order valence-corrected chi connectivity index (χ4v) is 4.97. The summed E-state index contributed by atoms with van der Waals surface area (Å²) < 4.78 is 14.2. The van der Waals surface area contributed by atoms with Crippen LogP contribution in [-0.4, -0.2) is 49.2 Å². The number of ether oxygens (including phenoxy) is 2. The third kappa shape index (κ3) is 1.82. The van der Waals surface area contributed by atoms with Gasteiger partial charge in [-0.25, -0.2) is 9.97 Å². The predicted octanol–water partition coefficient (Wildman–Crippen LogP) is 2.21. The topological polar surface area (TPSA) is 82.3 Å². The minimum absolute atomic E-state index is 0.0315. The van der Waals surface area contributed by atoms with Crippen molar-refractivity contribution in [2.75, 3.05) is 6.61 Å². The van der Waals surface area contributed by atoms with Crippen molar-refractivity contribution in [2.45, 2.75) is 44.3 Å². The van der Waals surface area contributed by atoms with Gasteiger partial charge in [0, 0.05) is 5.41 Å². The second-order valence-electron chi connectivity index (χ2n) is 7.32. The molecule has 7 nitrogen and oxygen atoms in total. The van der Waals surface area contributed by atoms with Crippen LogP contribution in [0.25, 0.3) is 11.2 Å². The Hall–Kier alpha value is -0.990. The smallest absolute Gasteiger partial charge is 0.225 e. The van der Waals surface area contributed by atoms with E-state index in [0.717, 1.165) is 6.42 Å². The third-order valence-corrected chi connectivity index (χ3v) is 6.02. The normalized spacial score (nSPS) is 39.2. The maximum atomic E-state index is 9.97. The zero-order chi connectivity index (χ0) is 16.9. The summed E-state index contributed by atoms with van der Waals surface area (Å²) in [6.07, 6.45) is 2.28.